The van der Waals surface area contributed by atoms with Gasteiger partial charge in [-0.2, -0.15) is 18.3 Å². The lowest BCUT2D eigenvalue weighted by Crippen LogP contribution is -2.14. The molecular formula is C17H11ClF3N3O. The number of nitrogens with zero attached hydrogens (tertiary/aromatic N) is 2. The molecule has 3 rings (SSSR count). The van der Waals surface area contributed by atoms with Gasteiger partial charge >= 0.3 is 6.18 Å². The summed E-state index contributed by atoms with van der Waals surface area (Å²) in [5.41, 5.74) is -0.0742. The van der Waals surface area contributed by atoms with E-state index in [2.05, 4.69) is 10.4 Å². The van der Waals surface area contributed by atoms with Crippen LogP contribution in [0.3, 0.4) is 0 Å². The molecule has 3 aromatic rings. The number of carbonyl (C=O) groups excluding carboxylic acids is 1. The van der Waals surface area contributed by atoms with Gasteiger partial charge in [0.05, 0.1) is 11.3 Å². The van der Waals surface area contributed by atoms with Gasteiger partial charge < -0.3 is 5.32 Å². The van der Waals surface area contributed by atoms with E-state index in [9.17, 15) is 18.0 Å². The van der Waals surface area contributed by atoms with Gasteiger partial charge in [0.15, 0.2) is 5.69 Å². The Hall–Kier alpha value is -2.80. The second-order valence-electron chi connectivity index (χ2n) is 5.16. The van der Waals surface area contributed by atoms with E-state index in [4.69, 9.17) is 11.6 Å². The summed E-state index contributed by atoms with van der Waals surface area (Å²) in [6, 6.07) is 12.7. The number of halogens is 4. The van der Waals surface area contributed by atoms with E-state index in [-0.39, 0.29) is 11.4 Å². The number of rotatable bonds is 3. The number of alkyl halides is 3. The first kappa shape index (κ1) is 17.0. The van der Waals surface area contributed by atoms with Crippen molar-refractivity contribution < 1.29 is 18.0 Å². The highest BCUT2D eigenvalue weighted by Crippen LogP contribution is 2.30. The van der Waals surface area contributed by atoms with Crippen LogP contribution in [0.25, 0.3) is 5.69 Å². The molecule has 1 N–H and O–H groups in total. The Morgan fingerprint density at radius 3 is 2.56 bits per heavy atom. The number of anilines is 1. The number of hydrogen-bond acceptors (Lipinski definition) is 2. The molecule has 1 aromatic heterocycles. The molecule has 0 aliphatic rings. The average Bonchev–Trinajstić information content (AvgIpc) is 3.04. The predicted molar refractivity (Wildman–Crippen MR) is 88.0 cm³/mol. The molecule has 2 aromatic carbocycles. The van der Waals surface area contributed by atoms with E-state index >= 15 is 0 Å². The molecule has 0 radical (unpaired) electrons. The summed E-state index contributed by atoms with van der Waals surface area (Å²) in [4.78, 5) is 12.2. The molecule has 0 aliphatic carbocycles. The molecular weight excluding hydrogens is 355 g/mol. The van der Waals surface area contributed by atoms with Gasteiger partial charge in [-0.3, -0.25) is 4.79 Å². The summed E-state index contributed by atoms with van der Waals surface area (Å²) >= 11 is 5.91. The third-order valence-corrected chi connectivity index (χ3v) is 3.58. The van der Waals surface area contributed by atoms with Crippen molar-refractivity contribution in [3.8, 4) is 5.69 Å². The summed E-state index contributed by atoms with van der Waals surface area (Å²) in [6.07, 6.45) is -2.92. The molecule has 0 fully saturated rings. The molecule has 25 heavy (non-hydrogen) atoms. The zero-order valence-electron chi connectivity index (χ0n) is 12.6. The molecule has 0 bridgehead atoms. The number of aromatic nitrogens is 2. The van der Waals surface area contributed by atoms with Crippen LogP contribution in [0.4, 0.5) is 18.9 Å². The fraction of sp³-hybridized carbons (Fsp3) is 0.0588. The minimum Gasteiger partial charge on any atom is -0.321 e. The average molecular weight is 366 g/mol. The van der Waals surface area contributed by atoms with Gasteiger partial charge in [-0.15, -0.1) is 0 Å². The molecule has 4 nitrogen and oxygen atoms in total. The number of nitrogens with one attached hydrogen (secondary N) is 1. The monoisotopic (exact) mass is 365 g/mol. The Kier molecular flexibility index (Phi) is 4.50. The minimum absolute atomic E-state index is 0.0390. The van der Waals surface area contributed by atoms with Gasteiger partial charge in [0, 0.05) is 16.9 Å². The number of hydrogen-bond donors (Lipinski definition) is 1. The van der Waals surface area contributed by atoms with E-state index in [1.807, 2.05) is 0 Å². The summed E-state index contributed by atoms with van der Waals surface area (Å²) in [5.74, 6) is -0.611. The van der Waals surface area contributed by atoms with Crippen LogP contribution >= 0.6 is 11.6 Å². The van der Waals surface area contributed by atoms with Crippen molar-refractivity contribution in [1.29, 1.82) is 0 Å². The van der Waals surface area contributed by atoms with Gasteiger partial charge in [0.2, 0.25) is 0 Å². The van der Waals surface area contributed by atoms with E-state index in [1.165, 1.54) is 22.9 Å². The van der Waals surface area contributed by atoms with Crippen molar-refractivity contribution in [1.82, 2.24) is 9.78 Å². The van der Waals surface area contributed by atoms with Crippen LogP contribution in [0.1, 0.15) is 16.1 Å². The lowest BCUT2D eigenvalue weighted by molar-refractivity contribution is -0.137. The zero-order chi connectivity index (χ0) is 18.0. The third-order valence-electron chi connectivity index (χ3n) is 3.34. The quantitative estimate of drug-likeness (QED) is 0.725. The highest BCUT2D eigenvalue weighted by molar-refractivity contribution is 6.30. The summed E-state index contributed by atoms with van der Waals surface area (Å²) < 4.78 is 39.6. The van der Waals surface area contributed by atoms with Crippen LogP contribution in [0.15, 0.2) is 60.8 Å². The largest absolute Gasteiger partial charge is 0.416 e. The van der Waals surface area contributed by atoms with Crippen molar-refractivity contribution in [2.45, 2.75) is 6.18 Å². The van der Waals surface area contributed by atoms with Gasteiger partial charge in [-0.05, 0) is 42.5 Å². The molecule has 0 atom stereocenters. The Balaban J connectivity index is 1.79. The van der Waals surface area contributed by atoms with Crippen LogP contribution in [-0.2, 0) is 6.18 Å². The first-order valence-electron chi connectivity index (χ1n) is 7.13. The van der Waals surface area contributed by atoms with E-state index in [1.54, 1.807) is 30.5 Å². The first-order valence-corrected chi connectivity index (χ1v) is 7.51. The van der Waals surface area contributed by atoms with Gasteiger partial charge in [0.25, 0.3) is 5.91 Å². The smallest absolute Gasteiger partial charge is 0.321 e. The van der Waals surface area contributed by atoms with E-state index in [0.29, 0.717) is 10.7 Å². The Morgan fingerprint density at radius 1 is 1.08 bits per heavy atom. The molecule has 0 spiro atoms. The Labute approximate surface area is 145 Å². The van der Waals surface area contributed by atoms with E-state index < -0.39 is 17.6 Å². The standard InChI is InChI=1S/C17H11ClF3N3O/c18-12-4-2-6-14(10-12)24-8-7-15(23-24)16(25)22-13-5-1-3-11(9-13)17(19,20)21/h1-10H,(H,22,25). The molecule has 0 aliphatic heterocycles. The molecule has 0 saturated heterocycles. The maximum absolute atomic E-state index is 12.7. The second kappa shape index (κ2) is 6.60. The lowest BCUT2D eigenvalue weighted by Gasteiger charge is -2.09. The van der Waals surface area contributed by atoms with Crippen LogP contribution < -0.4 is 5.32 Å². The zero-order valence-corrected chi connectivity index (χ0v) is 13.3. The second-order valence-corrected chi connectivity index (χ2v) is 5.59. The molecule has 1 heterocycles. The number of carbonyl (C=O) groups is 1. The first-order chi connectivity index (χ1) is 11.8. The molecule has 8 heteroatoms. The summed E-state index contributed by atoms with van der Waals surface area (Å²) in [7, 11) is 0. The Morgan fingerprint density at radius 2 is 1.84 bits per heavy atom. The van der Waals surface area contributed by atoms with Gasteiger partial charge in [0.1, 0.15) is 0 Å². The lowest BCUT2D eigenvalue weighted by atomic mass is 10.2. The minimum atomic E-state index is -4.48. The summed E-state index contributed by atoms with van der Waals surface area (Å²) in [5, 5.41) is 7.04. The maximum Gasteiger partial charge on any atom is 0.416 e. The third kappa shape index (κ3) is 4.00. The fourth-order valence-corrected chi connectivity index (χ4v) is 2.36. The highest BCUT2D eigenvalue weighted by atomic mass is 35.5. The topological polar surface area (TPSA) is 46.9 Å². The van der Waals surface area contributed by atoms with E-state index in [0.717, 1.165) is 12.1 Å². The summed E-state index contributed by atoms with van der Waals surface area (Å²) in [6.45, 7) is 0. The number of amides is 1. The maximum atomic E-state index is 12.7. The number of benzene rings is 2. The SMILES string of the molecule is O=C(Nc1cccc(C(F)(F)F)c1)c1ccn(-c2cccc(Cl)c2)n1. The normalized spacial score (nSPS) is 11.4. The van der Waals surface area contributed by atoms with Crippen molar-refractivity contribution in [3.05, 3.63) is 77.1 Å². The van der Waals surface area contributed by atoms with Crippen LogP contribution in [0, 0.1) is 0 Å². The Bertz CT molecular complexity index is 921. The molecule has 0 saturated carbocycles. The van der Waals surface area contributed by atoms with Crippen LogP contribution in [0.2, 0.25) is 5.02 Å². The van der Waals surface area contributed by atoms with Crippen molar-refractivity contribution in [3.63, 3.8) is 0 Å². The highest BCUT2D eigenvalue weighted by Gasteiger charge is 2.30. The van der Waals surface area contributed by atoms with Crippen molar-refractivity contribution >= 4 is 23.2 Å². The van der Waals surface area contributed by atoms with Crippen LogP contribution in [0.5, 0.6) is 0 Å². The van der Waals surface area contributed by atoms with Crippen molar-refractivity contribution in [2.24, 2.45) is 0 Å². The van der Waals surface area contributed by atoms with Crippen molar-refractivity contribution in [2.75, 3.05) is 5.32 Å². The molecule has 0 unspecified atom stereocenters. The van der Waals surface area contributed by atoms with Gasteiger partial charge in [-0.25, -0.2) is 4.68 Å². The molecule has 1 amide bonds. The molecule has 128 valence electrons. The predicted octanol–water partition coefficient (Wildman–Crippen LogP) is 4.80. The fourth-order valence-electron chi connectivity index (χ4n) is 2.18. The van der Waals surface area contributed by atoms with Gasteiger partial charge in [-0.1, -0.05) is 23.7 Å². The van der Waals surface area contributed by atoms with Crippen LogP contribution in [-0.4, -0.2) is 15.7 Å².